The van der Waals surface area contributed by atoms with Gasteiger partial charge in [0.2, 0.25) is 5.91 Å². The van der Waals surface area contributed by atoms with E-state index in [1.54, 1.807) is 6.07 Å². The molecule has 2 heterocycles. The van der Waals surface area contributed by atoms with Crippen LogP contribution in [0.3, 0.4) is 0 Å². The molecule has 2 aromatic rings. The standard InChI is InChI=1S/C16H13FN2O/c17-10-5-6-11-13(8-10)16(15(18)20)12-4-2-1-3-9(12)7-14(11)19-16/h1-6,8,14,19H,7H2,(H2,18,20). The van der Waals surface area contributed by atoms with Gasteiger partial charge in [0.05, 0.1) is 0 Å². The first kappa shape index (κ1) is 11.6. The van der Waals surface area contributed by atoms with Crippen molar-refractivity contribution in [3.05, 3.63) is 70.5 Å². The smallest absolute Gasteiger partial charge is 0.247 e. The van der Waals surface area contributed by atoms with E-state index >= 15 is 0 Å². The molecule has 4 rings (SSSR count). The van der Waals surface area contributed by atoms with Crippen LogP contribution in [0.1, 0.15) is 28.3 Å². The molecule has 100 valence electrons. The van der Waals surface area contributed by atoms with Gasteiger partial charge < -0.3 is 5.73 Å². The Bertz CT molecular complexity index is 743. The lowest BCUT2D eigenvalue weighted by molar-refractivity contribution is -0.123. The Labute approximate surface area is 115 Å². The number of carbonyl (C=O) groups is 1. The van der Waals surface area contributed by atoms with Gasteiger partial charge >= 0.3 is 0 Å². The lowest BCUT2D eigenvalue weighted by Crippen LogP contribution is -2.53. The van der Waals surface area contributed by atoms with Crippen molar-refractivity contribution in [1.82, 2.24) is 5.32 Å². The van der Waals surface area contributed by atoms with E-state index in [1.807, 2.05) is 24.3 Å². The van der Waals surface area contributed by atoms with Crippen LogP contribution < -0.4 is 11.1 Å². The molecule has 1 amide bonds. The molecule has 0 fully saturated rings. The first-order valence-electron chi connectivity index (χ1n) is 6.59. The predicted molar refractivity (Wildman–Crippen MR) is 72.4 cm³/mol. The fourth-order valence-corrected chi connectivity index (χ4v) is 3.58. The van der Waals surface area contributed by atoms with Crippen LogP contribution in [0.4, 0.5) is 4.39 Å². The molecule has 4 heteroatoms. The molecule has 0 aromatic heterocycles. The third-order valence-electron chi connectivity index (χ3n) is 4.40. The number of amides is 1. The minimum absolute atomic E-state index is 0.00741. The zero-order chi connectivity index (χ0) is 13.9. The molecule has 2 bridgehead atoms. The number of halogens is 1. The van der Waals surface area contributed by atoms with Crippen LogP contribution in [0.15, 0.2) is 42.5 Å². The zero-order valence-corrected chi connectivity index (χ0v) is 10.7. The van der Waals surface area contributed by atoms with Crippen LogP contribution in [0, 0.1) is 5.82 Å². The van der Waals surface area contributed by atoms with Crippen molar-refractivity contribution in [2.75, 3.05) is 0 Å². The monoisotopic (exact) mass is 268 g/mol. The Hall–Kier alpha value is -2.20. The van der Waals surface area contributed by atoms with Crippen LogP contribution >= 0.6 is 0 Å². The highest BCUT2D eigenvalue weighted by Gasteiger charge is 2.53. The molecule has 2 aliphatic rings. The number of hydrogen-bond acceptors (Lipinski definition) is 2. The number of hydrogen-bond donors (Lipinski definition) is 2. The van der Waals surface area contributed by atoms with E-state index in [2.05, 4.69) is 5.32 Å². The number of primary amides is 1. The molecule has 3 N–H and O–H groups in total. The Balaban J connectivity index is 2.10. The Kier molecular flexibility index (Phi) is 2.13. The molecular weight excluding hydrogens is 255 g/mol. The molecule has 20 heavy (non-hydrogen) atoms. The minimum Gasteiger partial charge on any atom is -0.367 e. The van der Waals surface area contributed by atoms with Crippen molar-refractivity contribution >= 4 is 5.91 Å². The van der Waals surface area contributed by atoms with Gasteiger partial charge in [-0.15, -0.1) is 0 Å². The predicted octanol–water partition coefficient (Wildman–Crippen LogP) is 1.76. The highest BCUT2D eigenvalue weighted by Crippen LogP contribution is 2.48. The molecule has 2 unspecified atom stereocenters. The summed E-state index contributed by atoms with van der Waals surface area (Å²) in [5.74, 6) is -0.838. The summed E-state index contributed by atoms with van der Waals surface area (Å²) in [5.41, 5.74) is 8.14. The van der Waals surface area contributed by atoms with Gasteiger partial charge in [0, 0.05) is 6.04 Å². The van der Waals surface area contributed by atoms with Gasteiger partial charge in [-0.1, -0.05) is 30.3 Å². The fraction of sp³-hybridized carbons (Fsp3) is 0.188. The number of fused-ring (bicyclic) bond motifs is 7. The van der Waals surface area contributed by atoms with Gasteiger partial charge in [0.25, 0.3) is 0 Å². The van der Waals surface area contributed by atoms with Gasteiger partial charge in [-0.25, -0.2) is 4.39 Å². The lowest BCUT2D eigenvalue weighted by atomic mass is 9.80. The molecule has 0 radical (unpaired) electrons. The zero-order valence-electron chi connectivity index (χ0n) is 10.7. The quantitative estimate of drug-likeness (QED) is 0.828. The summed E-state index contributed by atoms with van der Waals surface area (Å²) >= 11 is 0. The molecule has 0 spiro atoms. The van der Waals surface area contributed by atoms with E-state index < -0.39 is 11.4 Å². The average molecular weight is 268 g/mol. The largest absolute Gasteiger partial charge is 0.367 e. The average Bonchev–Trinajstić information content (AvgIpc) is 2.70. The number of nitrogens with two attached hydrogens (primary N) is 1. The van der Waals surface area contributed by atoms with E-state index in [0.717, 1.165) is 23.1 Å². The first-order valence-corrected chi connectivity index (χ1v) is 6.59. The summed E-state index contributed by atoms with van der Waals surface area (Å²) in [6, 6.07) is 12.3. The van der Waals surface area contributed by atoms with Crippen LogP contribution in [0.2, 0.25) is 0 Å². The van der Waals surface area contributed by atoms with Crippen molar-refractivity contribution in [2.45, 2.75) is 18.0 Å². The van der Waals surface area contributed by atoms with Gasteiger partial charge in [-0.3, -0.25) is 10.1 Å². The maximum atomic E-state index is 13.6. The Morgan fingerprint density at radius 1 is 1.25 bits per heavy atom. The van der Waals surface area contributed by atoms with Gasteiger partial charge in [0.15, 0.2) is 0 Å². The fourth-order valence-electron chi connectivity index (χ4n) is 3.58. The molecule has 2 atom stereocenters. The number of rotatable bonds is 1. The highest BCUT2D eigenvalue weighted by atomic mass is 19.1. The normalized spacial score (nSPS) is 25.9. The molecular formula is C16H13FN2O. The number of carbonyl (C=O) groups excluding carboxylic acids is 1. The van der Waals surface area contributed by atoms with Crippen LogP contribution in [-0.4, -0.2) is 5.91 Å². The van der Waals surface area contributed by atoms with E-state index in [9.17, 15) is 9.18 Å². The molecule has 0 saturated heterocycles. The molecule has 0 saturated carbocycles. The summed E-state index contributed by atoms with van der Waals surface area (Å²) in [6.45, 7) is 0. The maximum absolute atomic E-state index is 13.6. The maximum Gasteiger partial charge on any atom is 0.247 e. The topological polar surface area (TPSA) is 55.1 Å². The van der Waals surface area contributed by atoms with Crippen molar-refractivity contribution in [2.24, 2.45) is 5.73 Å². The SMILES string of the molecule is NC(=O)C12NC(Cc3ccccc31)c1ccc(F)cc12. The van der Waals surface area contributed by atoms with E-state index in [1.165, 1.54) is 12.1 Å². The second-order valence-corrected chi connectivity index (χ2v) is 5.40. The number of nitrogens with one attached hydrogen (secondary N) is 1. The van der Waals surface area contributed by atoms with Gasteiger partial charge in [-0.2, -0.15) is 0 Å². The van der Waals surface area contributed by atoms with Crippen molar-refractivity contribution in [3.8, 4) is 0 Å². The van der Waals surface area contributed by atoms with E-state index in [-0.39, 0.29) is 11.9 Å². The third-order valence-corrected chi connectivity index (χ3v) is 4.40. The van der Waals surface area contributed by atoms with Crippen molar-refractivity contribution in [3.63, 3.8) is 0 Å². The van der Waals surface area contributed by atoms with Crippen LogP contribution in [-0.2, 0) is 16.8 Å². The second-order valence-electron chi connectivity index (χ2n) is 5.40. The minimum atomic E-state index is -1.10. The third kappa shape index (κ3) is 1.24. The molecule has 2 aromatic carbocycles. The Morgan fingerprint density at radius 2 is 2.05 bits per heavy atom. The van der Waals surface area contributed by atoms with Gasteiger partial charge in [-0.05, 0) is 40.8 Å². The summed E-state index contributed by atoms with van der Waals surface area (Å²) in [5, 5.41) is 3.31. The summed E-state index contributed by atoms with van der Waals surface area (Å²) in [6.07, 6.45) is 0.782. The van der Waals surface area contributed by atoms with E-state index in [0.29, 0.717) is 5.56 Å². The molecule has 3 nitrogen and oxygen atoms in total. The summed E-state index contributed by atoms with van der Waals surface area (Å²) in [4.78, 5) is 12.2. The van der Waals surface area contributed by atoms with Crippen LogP contribution in [0.5, 0.6) is 0 Å². The molecule has 0 aliphatic carbocycles. The summed E-state index contributed by atoms with van der Waals surface area (Å²) in [7, 11) is 0. The number of benzene rings is 2. The lowest BCUT2D eigenvalue weighted by Gasteiger charge is -2.34. The summed E-state index contributed by atoms with van der Waals surface area (Å²) < 4.78 is 13.6. The highest BCUT2D eigenvalue weighted by molar-refractivity contribution is 5.93. The van der Waals surface area contributed by atoms with Crippen molar-refractivity contribution in [1.29, 1.82) is 0 Å². The van der Waals surface area contributed by atoms with Crippen molar-refractivity contribution < 1.29 is 9.18 Å². The van der Waals surface area contributed by atoms with E-state index in [4.69, 9.17) is 5.73 Å². The second kappa shape index (κ2) is 3.67. The Morgan fingerprint density at radius 3 is 2.85 bits per heavy atom. The molecule has 2 aliphatic heterocycles. The van der Waals surface area contributed by atoms with Gasteiger partial charge in [0.1, 0.15) is 11.4 Å². The first-order chi connectivity index (χ1) is 9.63. The van der Waals surface area contributed by atoms with Crippen LogP contribution in [0.25, 0.3) is 0 Å².